The molecule has 0 spiro atoms. The van der Waals surface area contributed by atoms with Gasteiger partial charge in [0.15, 0.2) is 0 Å². The Kier molecular flexibility index (Phi) is 11.2. The van der Waals surface area contributed by atoms with Gasteiger partial charge in [0.2, 0.25) is 0 Å². The molecule has 0 saturated heterocycles. The number of benzene rings is 4. The van der Waals surface area contributed by atoms with Crippen LogP contribution in [-0.2, 0) is 48.1 Å². The van der Waals surface area contributed by atoms with Crippen LogP contribution in [0.5, 0.6) is 11.5 Å². The first-order valence-corrected chi connectivity index (χ1v) is 20.4. The summed E-state index contributed by atoms with van der Waals surface area (Å²) in [6.45, 7) is 36.0. The molecule has 1 aliphatic rings. The third kappa shape index (κ3) is 8.81. The van der Waals surface area contributed by atoms with E-state index in [0.717, 1.165) is 39.2 Å². The monoisotopic (exact) mass is 952 g/mol. The first kappa shape index (κ1) is 43.2. The van der Waals surface area contributed by atoms with Crippen molar-refractivity contribution in [2.24, 2.45) is 0 Å². The molecule has 1 aliphatic heterocycles. The van der Waals surface area contributed by atoms with Gasteiger partial charge in [0.05, 0.1) is 0 Å². The van der Waals surface area contributed by atoms with Gasteiger partial charge in [-0.1, -0.05) is 128 Å². The van der Waals surface area contributed by atoms with Gasteiger partial charge in [-0.15, -0.1) is 53.6 Å². The van der Waals surface area contributed by atoms with E-state index in [0.29, 0.717) is 11.5 Å². The van der Waals surface area contributed by atoms with Crippen molar-refractivity contribution in [2.45, 2.75) is 131 Å². The van der Waals surface area contributed by atoms with Gasteiger partial charge in [-0.3, -0.25) is 0 Å². The number of hydrogen-bond donors (Lipinski definition) is 0. The van der Waals surface area contributed by atoms with Gasteiger partial charge in [-0.2, -0.15) is 6.07 Å². The van der Waals surface area contributed by atoms with E-state index in [1.54, 1.807) is 0 Å². The molecule has 0 radical (unpaired) electrons. The van der Waals surface area contributed by atoms with Gasteiger partial charge < -0.3 is 19.1 Å². The molecule has 2 aromatic heterocycles. The maximum atomic E-state index is 6.76. The van der Waals surface area contributed by atoms with Gasteiger partial charge in [0.25, 0.3) is 0 Å². The first-order valence-electron chi connectivity index (χ1n) is 20.4. The largest absolute Gasteiger partial charge is 0.509 e. The number of aromatic nitrogens is 2. The molecule has 0 unspecified atom stereocenters. The number of fused-ring (bicyclic) bond motifs is 3. The summed E-state index contributed by atoms with van der Waals surface area (Å²) < 4.78 is 8.99. The van der Waals surface area contributed by atoms with Crippen molar-refractivity contribution in [3.05, 3.63) is 138 Å². The van der Waals surface area contributed by atoms with E-state index in [1.807, 2.05) is 12.3 Å². The average Bonchev–Trinajstić information content (AvgIpc) is 3.73. The molecule has 5 nitrogen and oxygen atoms in total. The number of rotatable bonds is 5. The van der Waals surface area contributed by atoms with E-state index in [-0.39, 0.29) is 48.1 Å². The molecule has 58 heavy (non-hydrogen) atoms. The minimum Gasteiger partial charge on any atom is -0.509 e. The Morgan fingerprint density at radius 1 is 0.517 bits per heavy atom. The average molecular weight is 953 g/mol. The molecule has 7 rings (SSSR count). The van der Waals surface area contributed by atoms with Crippen LogP contribution in [0.4, 0.5) is 11.4 Å². The molecule has 6 heteroatoms. The summed E-state index contributed by atoms with van der Waals surface area (Å²) in [6.07, 6.45) is 6.14. The summed E-state index contributed by atoms with van der Waals surface area (Å²) in [5, 5.41) is 2.29. The van der Waals surface area contributed by atoms with E-state index < -0.39 is 0 Å². The van der Waals surface area contributed by atoms with Crippen LogP contribution < -0.4 is 14.5 Å². The third-order valence-corrected chi connectivity index (χ3v) is 11.1. The van der Waals surface area contributed by atoms with Crippen LogP contribution in [0.25, 0.3) is 27.6 Å². The van der Waals surface area contributed by atoms with Crippen LogP contribution in [0, 0.1) is 18.8 Å². The Balaban J connectivity index is 0.00000567. The Morgan fingerprint density at radius 3 is 1.69 bits per heavy atom. The summed E-state index contributed by atoms with van der Waals surface area (Å²) in [5.41, 5.74) is 10.3. The summed E-state index contributed by atoms with van der Waals surface area (Å²) in [5.74, 6) is 2.13. The fourth-order valence-corrected chi connectivity index (χ4v) is 7.25. The summed E-state index contributed by atoms with van der Waals surface area (Å²) in [6, 6.07) is 34.0. The molecule has 0 bridgehead atoms. The second kappa shape index (κ2) is 15.0. The number of anilines is 2. The van der Waals surface area contributed by atoms with Crippen LogP contribution in [0.2, 0.25) is 0 Å². The van der Waals surface area contributed by atoms with Gasteiger partial charge >= 0.3 is 0 Å². The van der Waals surface area contributed by atoms with Crippen molar-refractivity contribution in [2.75, 3.05) is 9.80 Å². The second-order valence-electron chi connectivity index (χ2n) is 21.0. The third-order valence-electron chi connectivity index (χ3n) is 11.1. The van der Waals surface area contributed by atoms with Crippen molar-refractivity contribution in [1.29, 1.82) is 0 Å². The minimum absolute atomic E-state index is 0. The molecule has 0 atom stereocenters. The first-order chi connectivity index (χ1) is 26.4. The Morgan fingerprint density at radius 2 is 1.09 bits per heavy atom. The van der Waals surface area contributed by atoms with Crippen molar-refractivity contribution in [1.82, 2.24) is 9.55 Å². The molecule has 6 aromatic rings. The number of hydrogen-bond acceptors (Lipinski definition) is 4. The minimum atomic E-state index is -0.123. The molecule has 0 aliphatic carbocycles. The maximum Gasteiger partial charge on any atom is 0.135 e. The summed E-state index contributed by atoms with van der Waals surface area (Å²) in [7, 11) is 0. The van der Waals surface area contributed by atoms with Crippen molar-refractivity contribution in [3.63, 3.8) is 0 Å². The smallest absolute Gasteiger partial charge is 0.135 e. The molecular formula is C52H61N4OPt-3. The normalized spacial score (nSPS) is 14.1. The molecule has 0 saturated carbocycles. The zero-order valence-corrected chi connectivity index (χ0v) is 39.5. The van der Waals surface area contributed by atoms with Gasteiger partial charge in [0, 0.05) is 50.0 Å². The number of ether oxygens (including phenoxy) is 1. The van der Waals surface area contributed by atoms with E-state index >= 15 is 0 Å². The predicted molar refractivity (Wildman–Crippen MR) is 241 cm³/mol. The van der Waals surface area contributed by atoms with E-state index in [4.69, 9.17) is 9.72 Å². The van der Waals surface area contributed by atoms with E-state index in [2.05, 4.69) is 216 Å². The van der Waals surface area contributed by atoms with Gasteiger partial charge in [0.1, 0.15) is 5.82 Å². The predicted octanol–water partition coefficient (Wildman–Crippen LogP) is 14.0. The molecule has 0 N–H and O–H groups in total. The SMILES string of the molecule is CC(C)(C)c1cc(Oc2[c-]c3c(cc2)c2cc(C(C)(C)C)ccc2n3-c2cc(C(C)(C)C)ccn2)[c-]c(N2C=CN(c3cc(C(C)(C)C)cc(C(C)(C)C)c3)[CH-]2)c1.[Pt]. The zero-order chi connectivity index (χ0) is 41.5. The summed E-state index contributed by atoms with van der Waals surface area (Å²) in [4.78, 5) is 9.25. The maximum absolute atomic E-state index is 6.76. The van der Waals surface area contributed by atoms with Crippen molar-refractivity contribution < 1.29 is 25.8 Å². The van der Waals surface area contributed by atoms with Crippen LogP contribution in [0.1, 0.15) is 132 Å². The van der Waals surface area contributed by atoms with Crippen LogP contribution in [0.3, 0.4) is 0 Å². The zero-order valence-electron chi connectivity index (χ0n) is 37.3. The molecule has 4 aromatic carbocycles. The summed E-state index contributed by atoms with van der Waals surface area (Å²) >= 11 is 0. The fraction of sp³-hybridized carbons (Fsp3) is 0.385. The standard InChI is InChI=1S/C52H61N4O.Pt/c1-48(2,3)34-16-19-45-44(29-34)43-18-17-41(32-46(43)56(45)47-30-35(20-21-53-47)49(4,5)6)57-42-28-38(52(13,14)15)27-40(31-42)55-23-22-54(33-55)39-25-36(50(7,8)9)24-37(26-39)51(10,11)12;/h16-30,33H,1-15H3;/q-3;. The quantitative estimate of drug-likeness (QED) is 0.161. The van der Waals surface area contributed by atoms with E-state index in [9.17, 15) is 0 Å². The second-order valence-corrected chi connectivity index (χ2v) is 21.0. The van der Waals surface area contributed by atoms with Gasteiger partial charge in [-0.05, 0) is 97.4 Å². The Labute approximate surface area is 362 Å². The van der Waals surface area contributed by atoms with Crippen LogP contribution in [0.15, 0.2) is 91.4 Å². The molecule has 0 amide bonds. The Bertz CT molecular complexity index is 2480. The topological polar surface area (TPSA) is 33.5 Å². The fourth-order valence-electron chi connectivity index (χ4n) is 7.25. The van der Waals surface area contributed by atoms with Crippen molar-refractivity contribution in [3.8, 4) is 17.3 Å². The molecule has 0 fully saturated rings. The van der Waals surface area contributed by atoms with Crippen LogP contribution >= 0.6 is 0 Å². The van der Waals surface area contributed by atoms with Gasteiger partial charge in [-0.25, -0.2) is 4.98 Å². The van der Waals surface area contributed by atoms with Crippen molar-refractivity contribution >= 4 is 33.2 Å². The number of pyridine rings is 1. The molecule has 3 heterocycles. The molecule has 308 valence electrons. The van der Waals surface area contributed by atoms with E-state index in [1.165, 1.54) is 27.6 Å². The van der Waals surface area contributed by atoms with Crippen LogP contribution in [-0.4, -0.2) is 9.55 Å². The number of nitrogens with zero attached hydrogens (tertiary/aromatic N) is 4. The Hall–Kier alpha value is -4.34. The molecular weight excluding hydrogens is 892 g/mol.